The van der Waals surface area contributed by atoms with E-state index in [9.17, 15) is 13.6 Å². The predicted molar refractivity (Wildman–Crippen MR) is 97.6 cm³/mol. The van der Waals surface area contributed by atoms with Crippen LogP contribution in [-0.4, -0.2) is 10.9 Å². The number of benzene rings is 2. The number of anilines is 1. The largest absolute Gasteiger partial charge is 0.325 e. The smallest absolute Gasteiger partial charge is 0.224 e. The summed E-state index contributed by atoms with van der Waals surface area (Å²) in [5, 5.41) is 2.79. The third-order valence-corrected chi connectivity index (χ3v) is 4.02. The Morgan fingerprint density at radius 3 is 2.35 bits per heavy atom. The molecule has 3 nitrogen and oxygen atoms in total. The molecule has 3 aromatic rings. The van der Waals surface area contributed by atoms with Crippen molar-refractivity contribution >= 4 is 11.6 Å². The van der Waals surface area contributed by atoms with Gasteiger partial charge in [-0.3, -0.25) is 9.78 Å². The quantitative estimate of drug-likeness (QED) is 0.679. The van der Waals surface area contributed by atoms with Gasteiger partial charge in [0, 0.05) is 12.6 Å². The highest BCUT2D eigenvalue weighted by Gasteiger charge is 2.10. The van der Waals surface area contributed by atoms with E-state index in [1.165, 1.54) is 18.2 Å². The Morgan fingerprint density at radius 1 is 0.962 bits per heavy atom. The predicted octanol–water partition coefficient (Wildman–Crippen LogP) is 4.99. The zero-order valence-corrected chi connectivity index (χ0v) is 14.1. The molecule has 0 unspecified atom stereocenters. The van der Waals surface area contributed by atoms with Crippen LogP contribution in [0.4, 0.5) is 14.5 Å². The number of hydrogen-bond acceptors (Lipinski definition) is 2. The number of aromatic nitrogens is 1. The van der Waals surface area contributed by atoms with E-state index < -0.39 is 11.6 Å². The van der Waals surface area contributed by atoms with Gasteiger partial charge >= 0.3 is 0 Å². The first-order valence-corrected chi connectivity index (χ1v) is 8.36. The number of nitrogens with one attached hydrogen (secondary N) is 1. The van der Waals surface area contributed by atoms with Crippen molar-refractivity contribution in [3.05, 3.63) is 84.2 Å². The summed E-state index contributed by atoms with van der Waals surface area (Å²) in [7, 11) is 0. The van der Waals surface area contributed by atoms with Crippen molar-refractivity contribution in [3.63, 3.8) is 0 Å². The fraction of sp³-hybridized carbons (Fsp3) is 0.143. The van der Waals surface area contributed by atoms with Crippen LogP contribution in [0.3, 0.4) is 0 Å². The van der Waals surface area contributed by atoms with Crippen LogP contribution in [0, 0.1) is 11.6 Å². The van der Waals surface area contributed by atoms with E-state index in [2.05, 4.69) is 10.3 Å². The Balaban J connectivity index is 1.54. The van der Waals surface area contributed by atoms with E-state index in [-0.39, 0.29) is 11.5 Å². The summed E-state index contributed by atoms with van der Waals surface area (Å²) in [6.45, 7) is 0. The molecule has 0 aliphatic rings. The van der Waals surface area contributed by atoms with Crippen molar-refractivity contribution in [2.45, 2.75) is 19.3 Å². The Labute approximate surface area is 150 Å². The summed E-state index contributed by atoms with van der Waals surface area (Å²) in [6.07, 6.45) is 5.02. The molecule has 1 N–H and O–H groups in total. The van der Waals surface area contributed by atoms with Crippen LogP contribution in [0.1, 0.15) is 18.4 Å². The average Bonchev–Trinajstić information content (AvgIpc) is 2.64. The second-order valence-electron chi connectivity index (χ2n) is 5.94. The minimum absolute atomic E-state index is 0.0186. The van der Waals surface area contributed by atoms with Crippen LogP contribution in [0.15, 0.2) is 67.0 Å². The minimum atomic E-state index is -0.579. The number of pyridine rings is 1. The summed E-state index contributed by atoms with van der Waals surface area (Å²) in [5.74, 6) is -1.22. The monoisotopic (exact) mass is 352 g/mol. The van der Waals surface area contributed by atoms with Gasteiger partial charge in [0.2, 0.25) is 5.91 Å². The molecule has 0 bridgehead atoms. The first kappa shape index (κ1) is 17.7. The second-order valence-corrected chi connectivity index (χ2v) is 5.94. The van der Waals surface area contributed by atoms with Crippen molar-refractivity contribution in [1.29, 1.82) is 0 Å². The summed E-state index contributed by atoms with van der Waals surface area (Å²) < 4.78 is 27.6. The second kappa shape index (κ2) is 8.34. The molecule has 3 rings (SSSR count). The van der Waals surface area contributed by atoms with Crippen molar-refractivity contribution in [3.8, 4) is 11.1 Å². The van der Waals surface area contributed by atoms with Crippen molar-refractivity contribution in [2.24, 2.45) is 0 Å². The van der Waals surface area contributed by atoms with E-state index in [4.69, 9.17) is 0 Å². The number of hydrogen-bond donors (Lipinski definition) is 1. The molecular formula is C21H18F2N2O. The molecule has 0 aliphatic carbocycles. The number of aryl methyl sites for hydroxylation is 1. The van der Waals surface area contributed by atoms with Gasteiger partial charge in [0.1, 0.15) is 11.6 Å². The van der Waals surface area contributed by atoms with Crippen LogP contribution >= 0.6 is 0 Å². The topological polar surface area (TPSA) is 42.0 Å². The van der Waals surface area contributed by atoms with Gasteiger partial charge in [0.25, 0.3) is 0 Å². The average molecular weight is 352 g/mol. The van der Waals surface area contributed by atoms with E-state index in [0.717, 1.165) is 5.56 Å². The molecule has 0 radical (unpaired) electrons. The Kier molecular flexibility index (Phi) is 5.69. The minimum Gasteiger partial charge on any atom is -0.325 e. The number of rotatable bonds is 6. The number of amides is 1. The Morgan fingerprint density at radius 2 is 1.69 bits per heavy atom. The van der Waals surface area contributed by atoms with Gasteiger partial charge in [-0.15, -0.1) is 0 Å². The first-order chi connectivity index (χ1) is 12.6. The lowest BCUT2D eigenvalue weighted by atomic mass is 10.0. The van der Waals surface area contributed by atoms with Gasteiger partial charge in [0.05, 0.1) is 17.4 Å². The lowest BCUT2D eigenvalue weighted by molar-refractivity contribution is -0.116. The highest BCUT2D eigenvalue weighted by atomic mass is 19.1. The van der Waals surface area contributed by atoms with E-state index in [1.807, 2.05) is 12.1 Å². The molecular weight excluding hydrogens is 334 g/mol. The third kappa shape index (κ3) is 4.51. The van der Waals surface area contributed by atoms with Crippen molar-refractivity contribution in [1.82, 2.24) is 4.98 Å². The van der Waals surface area contributed by atoms with E-state index >= 15 is 0 Å². The standard InChI is InChI=1S/C21H18F2N2O/c22-18-6-2-7-19(23)21(18)16-11-9-15(10-12-16)4-1-8-20(26)25-17-5-3-13-24-14-17/h2-3,5-7,9-14H,1,4,8H2,(H,25,26). The normalized spacial score (nSPS) is 10.5. The third-order valence-electron chi connectivity index (χ3n) is 4.02. The highest BCUT2D eigenvalue weighted by molar-refractivity contribution is 5.90. The van der Waals surface area contributed by atoms with E-state index in [1.54, 1.807) is 36.7 Å². The highest BCUT2D eigenvalue weighted by Crippen LogP contribution is 2.26. The number of carbonyl (C=O) groups is 1. The van der Waals surface area contributed by atoms with Gasteiger partial charge in [-0.05, 0) is 48.2 Å². The Hall–Kier alpha value is -3.08. The zero-order chi connectivity index (χ0) is 18.4. The molecule has 1 heterocycles. The molecule has 1 amide bonds. The molecule has 1 aromatic heterocycles. The van der Waals surface area contributed by atoms with Gasteiger partial charge in [0.15, 0.2) is 0 Å². The molecule has 0 aliphatic heterocycles. The lowest BCUT2D eigenvalue weighted by Crippen LogP contribution is -2.11. The van der Waals surface area contributed by atoms with Crippen molar-refractivity contribution < 1.29 is 13.6 Å². The molecule has 2 aromatic carbocycles. The lowest BCUT2D eigenvalue weighted by Gasteiger charge is -2.07. The molecule has 5 heteroatoms. The molecule has 132 valence electrons. The Bertz CT molecular complexity index is 860. The number of carbonyl (C=O) groups excluding carboxylic acids is 1. The number of halogens is 2. The fourth-order valence-corrected chi connectivity index (χ4v) is 2.72. The molecule has 0 atom stereocenters. The van der Waals surface area contributed by atoms with Gasteiger partial charge in [-0.1, -0.05) is 30.3 Å². The van der Waals surface area contributed by atoms with Gasteiger partial charge in [-0.2, -0.15) is 0 Å². The zero-order valence-electron chi connectivity index (χ0n) is 14.1. The summed E-state index contributed by atoms with van der Waals surface area (Å²) in [5.41, 5.74) is 2.17. The van der Waals surface area contributed by atoms with Gasteiger partial charge < -0.3 is 5.32 Å². The van der Waals surface area contributed by atoms with Crippen LogP contribution in [0.5, 0.6) is 0 Å². The summed E-state index contributed by atoms with van der Waals surface area (Å²) >= 11 is 0. The maximum atomic E-state index is 13.8. The van der Waals surface area contributed by atoms with Crippen LogP contribution in [0.2, 0.25) is 0 Å². The van der Waals surface area contributed by atoms with Gasteiger partial charge in [-0.25, -0.2) is 8.78 Å². The summed E-state index contributed by atoms with van der Waals surface area (Å²) in [6, 6.07) is 14.4. The maximum absolute atomic E-state index is 13.8. The molecule has 0 fully saturated rings. The van der Waals surface area contributed by atoms with Crippen LogP contribution < -0.4 is 5.32 Å². The molecule has 26 heavy (non-hydrogen) atoms. The first-order valence-electron chi connectivity index (χ1n) is 8.36. The molecule has 0 spiro atoms. The SMILES string of the molecule is O=C(CCCc1ccc(-c2c(F)cccc2F)cc1)Nc1cccnc1. The van der Waals surface area contributed by atoms with Crippen molar-refractivity contribution in [2.75, 3.05) is 5.32 Å². The van der Waals surface area contributed by atoms with Crippen LogP contribution in [-0.2, 0) is 11.2 Å². The van der Waals surface area contributed by atoms with Crippen LogP contribution in [0.25, 0.3) is 11.1 Å². The van der Waals surface area contributed by atoms with E-state index in [0.29, 0.717) is 30.5 Å². The number of nitrogens with zero attached hydrogens (tertiary/aromatic N) is 1. The maximum Gasteiger partial charge on any atom is 0.224 e. The molecule has 0 saturated heterocycles. The fourth-order valence-electron chi connectivity index (χ4n) is 2.72. The summed E-state index contributed by atoms with van der Waals surface area (Å²) in [4.78, 5) is 15.8. The molecule has 0 saturated carbocycles.